The molecule has 4 aromatic rings. The van der Waals surface area contributed by atoms with Crippen molar-refractivity contribution in [3.8, 4) is 22.8 Å². The van der Waals surface area contributed by atoms with Crippen molar-refractivity contribution >= 4 is 11.6 Å². The lowest BCUT2D eigenvalue weighted by Crippen LogP contribution is -2.11. The SMILES string of the molecule is O=C(Nc1ccccc1)c1cccc(-c2nc(-c3ccccc3)no2)c1. The van der Waals surface area contributed by atoms with Crippen LogP contribution in [0, 0.1) is 0 Å². The van der Waals surface area contributed by atoms with Gasteiger partial charge in [-0.3, -0.25) is 4.79 Å². The Kier molecular flexibility index (Phi) is 4.26. The molecule has 3 aromatic carbocycles. The van der Waals surface area contributed by atoms with E-state index in [-0.39, 0.29) is 5.91 Å². The van der Waals surface area contributed by atoms with Crippen molar-refractivity contribution in [3.63, 3.8) is 0 Å². The molecule has 4 rings (SSSR count). The van der Waals surface area contributed by atoms with Crippen molar-refractivity contribution in [2.75, 3.05) is 5.32 Å². The van der Waals surface area contributed by atoms with E-state index in [1.54, 1.807) is 18.2 Å². The number of hydrogen-bond donors (Lipinski definition) is 1. The third-order valence-corrected chi connectivity index (χ3v) is 3.86. The van der Waals surface area contributed by atoms with Gasteiger partial charge >= 0.3 is 0 Å². The molecule has 1 heterocycles. The molecule has 0 aliphatic carbocycles. The van der Waals surface area contributed by atoms with E-state index in [0.717, 1.165) is 11.3 Å². The molecule has 5 heteroatoms. The zero-order valence-corrected chi connectivity index (χ0v) is 13.8. The lowest BCUT2D eigenvalue weighted by molar-refractivity contribution is 0.102. The van der Waals surface area contributed by atoms with Gasteiger partial charge in [0.25, 0.3) is 11.8 Å². The fourth-order valence-electron chi connectivity index (χ4n) is 2.56. The number of carbonyl (C=O) groups excluding carboxylic acids is 1. The zero-order chi connectivity index (χ0) is 17.8. The molecule has 126 valence electrons. The summed E-state index contributed by atoms with van der Waals surface area (Å²) in [5.41, 5.74) is 2.83. The summed E-state index contributed by atoms with van der Waals surface area (Å²) in [6.07, 6.45) is 0. The quantitative estimate of drug-likeness (QED) is 0.586. The highest BCUT2D eigenvalue weighted by Crippen LogP contribution is 2.23. The van der Waals surface area contributed by atoms with Crippen LogP contribution in [0.15, 0.2) is 89.5 Å². The van der Waals surface area contributed by atoms with E-state index in [1.165, 1.54) is 0 Å². The maximum atomic E-state index is 12.4. The molecule has 1 aromatic heterocycles. The summed E-state index contributed by atoms with van der Waals surface area (Å²) in [5.74, 6) is 0.693. The van der Waals surface area contributed by atoms with Crippen LogP contribution in [-0.4, -0.2) is 16.0 Å². The Labute approximate surface area is 150 Å². The highest BCUT2D eigenvalue weighted by atomic mass is 16.5. The minimum atomic E-state index is -0.194. The van der Waals surface area contributed by atoms with Crippen molar-refractivity contribution in [2.24, 2.45) is 0 Å². The fraction of sp³-hybridized carbons (Fsp3) is 0. The van der Waals surface area contributed by atoms with Crippen LogP contribution >= 0.6 is 0 Å². The number of nitrogens with one attached hydrogen (secondary N) is 1. The predicted molar refractivity (Wildman–Crippen MR) is 99.6 cm³/mol. The topological polar surface area (TPSA) is 68.0 Å². The molecule has 0 fully saturated rings. The largest absolute Gasteiger partial charge is 0.334 e. The summed E-state index contributed by atoms with van der Waals surface area (Å²) < 4.78 is 5.37. The Hall–Kier alpha value is -3.73. The number of para-hydroxylation sites is 1. The molecule has 0 spiro atoms. The van der Waals surface area contributed by atoms with E-state index in [2.05, 4.69) is 15.5 Å². The van der Waals surface area contributed by atoms with Crippen LogP contribution in [0.5, 0.6) is 0 Å². The Morgan fingerprint density at radius 3 is 2.27 bits per heavy atom. The van der Waals surface area contributed by atoms with Gasteiger partial charge in [0.1, 0.15) is 0 Å². The summed E-state index contributed by atoms with van der Waals surface area (Å²) in [7, 11) is 0. The Morgan fingerprint density at radius 2 is 1.50 bits per heavy atom. The number of benzene rings is 3. The molecule has 26 heavy (non-hydrogen) atoms. The van der Waals surface area contributed by atoms with Crippen LogP contribution in [-0.2, 0) is 0 Å². The molecule has 0 saturated heterocycles. The second kappa shape index (κ2) is 7.03. The summed E-state index contributed by atoms with van der Waals surface area (Å²) in [6.45, 7) is 0. The Balaban J connectivity index is 1.58. The van der Waals surface area contributed by atoms with Crippen molar-refractivity contribution in [1.29, 1.82) is 0 Å². The van der Waals surface area contributed by atoms with Crippen LogP contribution in [0.1, 0.15) is 10.4 Å². The van der Waals surface area contributed by atoms with Crippen molar-refractivity contribution in [2.45, 2.75) is 0 Å². The Morgan fingerprint density at radius 1 is 0.808 bits per heavy atom. The molecule has 1 N–H and O–H groups in total. The molecular weight excluding hydrogens is 326 g/mol. The number of anilines is 1. The molecule has 0 unspecified atom stereocenters. The second-order valence-corrected chi connectivity index (χ2v) is 5.69. The highest BCUT2D eigenvalue weighted by molar-refractivity contribution is 6.04. The average molecular weight is 341 g/mol. The van der Waals surface area contributed by atoms with E-state index >= 15 is 0 Å². The number of carbonyl (C=O) groups is 1. The molecule has 0 saturated carbocycles. The summed E-state index contributed by atoms with van der Waals surface area (Å²) in [4.78, 5) is 16.9. The van der Waals surface area contributed by atoms with Crippen molar-refractivity contribution < 1.29 is 9.32 Å². The van der Waals surface area contributed by atoms with E-state index in [0.29, 0.717) is 22.8 Å². The third kappa shape index (κ3) is 3.37. The summed E-state index contributed by atoms with van der Waals surface area (Å²) in [5, 5.41) is 6.88. The first-order valence-corrected chi connectivity index (χ1v) is 8.15. The molecule has 0 aliphatic rings. The van der Waals surface area contributed by atoms with Gasteiger partial charge in [-0.05, 0) is 30.3 Å². The Bertz CT molecular complexity index is 1030. The lowest BCUT2D eigenvalue weighted by Gasteiger charge is -2.05. The molecule has 1 amide bonds. The first-order valence-electron chi connectivity index (χ1n) is 8.15. The van der Waals surface area contributed by atoms with Gasteiger partial charge in [0, 0.05) is 22.4 Å². The van der Waals surface area contributed by atoms with Crippen molar-refractivity contribution in [3.05, 3.63) is 90.5 Å². The van der Waals surface area contributed by atoms with Gasteiger partial charge in [-0.2, -0.15) is 4.98 Å². The van der Waals surface area contributed by atoms with Gasteiger partial charge in [-0.1, -0.05) is 59.8 Å². The molecular formula is C21H15N3O2. The van der Waals surface area contributed by atoms with Crippen LogP contribution in [0.2, 0.25) is 0 Å². The smallest absolute Gasteiger partial charge is 0.258 e. The molecule has 0 atom stereocenters. The zero-order valence-electron chi connectivity index (χ0n) is 13.8. The summed E-state index contributed by atoms with van der Waals surface area (Å²) in [6, 6.07) is 26.0. The molecule has 5 nitrogen and oxygen atoms in total. The van der Waals surface area contributed by atoms with E-state index in [1.807, 2.05) is 66.7 Å². The number of rotatable bonds is 4. The first kappa shape index (κ1) is 15.8. The number of aromatic nitrogens is 2. The van der Waals surface area contributed by atoms with Gasteiger partial charge in [0.05, 0.1) is 0 Å². The van der Waals surface area contributed by atoms with Crippen LogP contribution in [0.4, 0.5) is 5.69 Å². The van der Waals surface area contributed by atoms with Gasteiger partial charge in [-0.15, -0.1) is 0 Å². The predicted octanol–water partition coefficient (Wildman–Crippen LogP) is 4.66. The van der Waals surface area contributed by atoms with E-state index in [9.17, 15) is 4.79 Å². The standard InChI is InChI=1S/C21H15N3O2/c25-20(22-18-12-5-2-6-13-18)16-10-7-11-17(14-16)21-23-19(24-26-21)15-8-3-1-4-9-15/h1-14H,(H,22,25). The van der Waals surface area contributed by atoms with Crippen LogP contribution < -0.4 is 5.32 Å². The third-order valence-electron chi connectivity index (χ3n) is 3.86. The number of nitrogens with zero attached hydrogens (tertiary/aromatic N) is 2. The van der Waals surface area contributed by atoms with Crippen LogP contribution in [0.3, 0.4) is 0 Å². The molecule has 0 radical (unpaired) electrons. The van der Waals surface area contributed by atoms with Gasteiger partial charge < -0.3 is 9.84 Å². The maximum Gasteiger partial charge on any atom is 0.258 e. The van der Waals surface area contributed by atoms with Crippen LogP contribution in [0.25, 0.3) is 22.8 Å². The van der Waals surface area contributed by atoms with Crippen molar-refractivity contribution in [1.82, 2.24) is 10.1 Å². The van der Waals surface area contributed by atoms with Gasteiger partial charge in [0.15, 0.2) is 0 Å². The number of amides is 1. The lowest BCUT2D eigenvalue weighted by atomic mass is 10.1. The maximum absolute atomic E-state index is 12.4. The fourth-order valence-corrected chi connectivity index (χ4v) is 2.56. The van der Waals surface area contributed by atoms with Gasteiger partial charge in [0.2, 0.25) is 5.82 Å². The molecule has 0 bridgehead atoms. The number of hydrogen-bond acceptors (Lipinski definition) is 4. The van der Waals surface area contributed by atoms with E-state index in [4.69, 9.17) is 4.52 Å². The molecule has 0 aliphatic heterocycles. The normalized spacial score (nSPS) is 10.5. The minimum absolute atomic E-state index is 0.194. The minimum Gasteiger partial charge on any atom is -0.334 e. The first-order chi connectivity index (χ1) is 12.8. The monoisotopic (exact) mass is 341 g/mol. The highest BCUT2D eigenvalue weighted by Gasteiger charge is 2.13. The average Bonchev–Trinajstić information content (AvgIpc) is 3.20. The summed E-state index contributed by atoms with van der Waals surface area (Å²) >= 11 is 0. The second-order valence-electron chi connectivity index (χ2n) is 5.69. The van der Waals surface area contributed by atoms with E-state index < -0.39 is 0 Å². The van der Waals surface area contributed by atoms with Gasteiger partial charge in [-0.25, -0.2) is 0 Å².